The molecule has 0 spiro atoms. The summed E-state index contributed by atoms with van der Waals surface area (Å²) in [5, 5.41) is 0. The Balaban J connectivity index is 0.000000114. The topological polar surface area (TPSA) is 0 Å². The molecular formula is C15H16. The van der Waals surface area contributed by atoms with Gasteiger partial charge in [-0.25, -0.2) is 0 Å². The van der Waals surface area contributed by atoms with Crippen LogP contribution in [0.5, 0.6) is 0 Å². The molecule has 0 heteroatoms. The third-order valence-electron chi connectivity index (χ3n) is 2.64. The van der Waals surface area contributed by atoms with Crippen molar-refractivity contribution < 1.29 is 0 Å². The van der Waals surface area contributed by atoms with E-state index in [4.69, 9.17) is 0 Å². The summed E-state index contributed by atoms with van der Waals surface area (Å²) in [6.07, 6.45) is 26.5. The lowest BCUT2D eigenvalue weighted by Crippen LogP contribution is -1.79. The van der Waals surface area contributed by atoms with Crippen molar-refractivity contribution in [1.29, 1.82) is 0 Å². The number of rotatable bonds is 0. The van der Waals surface area contributed by atoms with Gasteiger partial charge >= 0.3 is 0 Å². The predicted octanol–water partition coefficient (Wildman–Crippen LogP) is 3.97. The smallest absolute Gasteiger partial charge is 0.00445 e. The molecule has 0 aromatic heterocycles. The van der Waals surface area contributed by atoms with Gasteiger partial charge in [-0.15, -0.1) is 0 Å². The first-order chi connectivity index (χ1) is 7.45. The quantitative estimate of drug-likeness (QED) is 0.514. The lowest BCUT2D eigenvalue weighted by atomic mass is 10.2. The molecule has 0 unspecified atom stereocenters. The zero-order chi connectivity index (χ0) is 10.3. The van der Waals surface area contributed by atoms with Gasteiger partial charge in [-0.3, -0.25) is 0 Å². The summed E-state index contributed by atoms with van der Waals surface area (Å²) in [7, 11) is 0. The summed E-state index contributed by atoms with van der Waals surface area (Å²) >= 11 is 0. The van der Waals surface area contributed by atoms with Crippen molar-refractivity contribution in [3.05, 3.63) is 72.9 Å². The number of fused-ring (bicyclic) bond motifs is 2. The van der Waals surface area contributed by atoms with Crippen molar-refractivity contribution in [2.75, 3.05) is 0 Å². The highest BCUT2D eigenvalue weighted by molar-refractivity contribution is 5.23. The maximum atomic E-state index is 2.30. The van der Waals surface area contributed by atoms with Crippen LogP contribution in [0.2, 0.25) is 0 Å². The normalized spacial score (nSPS) is 37.3. The summed E-state index contributed by atoms with van der Waals surface area (Å²) in [4.78, 5) is 0. The summed E-state index contributed by atoms with van der Waals surface area (Å²) in [6.45, 7) is 0. The van der Waals surface area contributed by atoms with Crippen molar-refractivity contribution in [3.63, 3.8) is 0 Å². The first-order valence-electron chi connectivity index (χ1n) is 5.48. The van der Waals surface area contributed by atoms with Gasteiger partial charge in [0, 0.05) is 0 Å². The number of hydrogen-bond donors (Lipinski definition) is 0. The van der Waals surface area contributed by atoms with Crippen molar-refractivity contribution in [3.8, 4) is 0 Å². The molecule has 0 atom stereocenters. The average Bonchev–Trinajstić information content (AvgIpc) is 2.80. The second-order valence-corrected chi connectivity index (χ2v) is 3.87. The third-order valence-corrected chi connectivity index (χ3v) is 2.64. The van der Waals surface area contributed by atoms with Gasteiger partial charge < -0.3 is 0 Å². The summed E-state index contributed by atoms with van der Waals surface area (Å²) in [5.74, 6) is 1.62. The van der Waals surface area contributed by atoms with Gasteiger partial charge in [0.15, 0.2) is 0 Å². The van der Waals surface area contributed by atoms with Crippen LogP contribution in [0.1, 0.15) is 6.42 Å². The monoisotopic (exact) mass is 196 g/mol. The molecule has 0 heterocycles. The van der Waals surface area contributed by atoms with E-state index in [-0.39, 0.29) is 0 Å². The van der Waals surface area contributed by atoms with Crippen molar-refractivity contribution in [1.82, 2.24) is 0 Å². The molecule has 0 aliphatic heterocycles. The molecule has 3 aliphatic carbocycles. The molecule has 0 amide bonds. The molecule has 0 saturated carbocycles. The Morgan fingerprint density at radius 1 is 0.467 bits per heavy atom. The van der Waals surface area contributed by atoms with E-state index in [1.807, 2.05) is 48.6 Å². The second kappa shape index (κ2) is 5.35. The Labute approximate surface area is 91.7 Å². The van der Waals surface area contributed by atoms with Crippen molar-refractivity contribution >= 4 is 0 Å². The molecule has 0 aromatic carbocycles. The average molecular weight is 196 g/mol. The van der Waals surface area contributed by atoms with E-state index in [9.17, 15) is 0 Å². The molecule has 0 aromatic rings. The summed E-state index contributed by atoms with van der Waals surface area (Å²) < 4.78 is 0. The van der Waals surface area contributed by atoms with Gasteiger partial charge in [-0.2, -0.15) is 0 Å². The van der Waals surface area contributed by atoms with Gasteiger partial charge in [-0.1, -0.05) is 72.9 Å². The van der Waals surface area contributed by atoms with E-state index in [0.717, 1.165) is 11.8 Å². The van der Waals surface area contributed by atoms with Gasteiger partial charge in [0.1, 0.15) is 0 Å². The van der Waals surface area contributed by atoms with Crippen LogP contribution in [-0.2, 0) is 0 Å². The maximum Gasteiger partial charge on any atom is -0.00445 e. The number of hydrogen-bond acceptors (Lipinski definition) is 0. The third kappa shape index (κ3) is 3.25. The molecule has 3 aliphatic rings. The lowest BCUT2D eigenvalue weighted by molar-refractivity contribution is 0.732. The van der Waals surface area contributed by atoms with E-state index in [0.29, 0.717) is 0 Å². The van der Waals surface area contributed by atoms with Gasteiger partial charge in [0.2, 0.25) is 0 Å². The standard InChI is InChI=1S/C8H8.C7H8/c1-2-4-6-8-7-5-3-1;1-2-7-4-3-6(1)5-7/h1-8H;1-4,6-7H,5H2/b2-1-,3-1?,4-2?,5-3-,6-4-,7-5?,8-6?,8-7-;. The van der Waals surface area contributed by atoms with Gasteiger partial charge in [0.25, 0.3) is 0 Å². The van der Waals surface area contributed by atoms with Gasteiger partial charge in [-0.05, 0) is 18.3 Å². The van der Waals surface area contributed by atoms with Crippen LogP contribution < -0.4 is 0 Å². The fourth-order valence-corrected chi connectivity index (χ4v) is 1.84. The lowest BCUT2D eigenvalue weighted by Gasteiger charge is -1.88. The minimum Gasteiger partial charge on any atom is -0.0810 e. The fraction of sp³-hybridized carbons (Fsp3) is 0.200. The zero-order valence-electron chi connectivity index (χ0n) is 8.79. The van der Waals surface area contributed by atoms with Crippen LogP contribution in [0.3, 0.4) is 0 Å². The van der Waals surface area contributed by atoms with Crippen LogP contribution in [0.25, 0.3) is 0 Å². The minimum absolute atomic E-state index is 0.810. The molecule has 0 fully saturated rings. The van der Waals surface area contributed by atoms with E-state index in [1.165, 1.54) is 6.42 Å². The fourth-order valence-electron chi connectivity index (χ4n) is 1.84. The van der Waals surface area contributed by atoms with E-state index >= 15 is 0 Å². The Hall–Kier alpha value is -1.56. The highest BCUT2D eigenvalue weighted by atomic mass is 14.2. The maximum absolute atomic E-state index is 2.30. The minimum atomic E-state index is 0.810. The molecule has 76 valence electrons. The largest absolute Gasteiger partial charge is 0.0810 e. The van der Waals surface area contributed by atoms with Crippen LogP contribution in [0.15, 0.2) is 72.9 Å². The SMILES string of the molecule is C1=CC2C=CC1C2.C1=C\C=C/C=C\C=C/1. The van der Waals surface area contributed by atoms with E-state index < -0.39 is 0 Å². The van der Waals surface area contributed by atoms with Crippen LogP contribution in [0.4, 0.5) is 0 Å². The van der Waals surface area contributed by atoms with E-state index in [2.05, 4.69) is 24.3 Å². The van der Waals surface area contributed by atoms with Crippen molar-refractivity contribution in [2.24, 2.45) is 11.8 Å². The molecular weight excluding hydrogens is 180 g/mol. The van der Waals surface area contributed by atoms with Gasteiger partial charge in [0.05, 0.1) is 0 Å². The summed E-state index contributed by atoms with van der Waals surface area (Å²) in [5.41, 5.74) is 0. The first kappa shape index (κ1) is 9.97. The van der Waals surface area contributed by atoms with E-state index in [1.54, 1.807) is 0 Å². The first-order valence-corrected chi connectivity index (χ1v) is 5.48. The number of allylic oxidation sites excluding steroid dienone is 12. The predicted molar refractivity (Wildman–Crippen MR) is 66.4 cm³/mol. The Bertz CT molecular complexity index is 277. The zero-order valence-corrected chi connectivity index (χ0v) is 8.79. The van der Waals surface area contributed by atoms with Crippen LogP contribution in [0, 0.1) is 11.8 Å². The molecule has 0 radical (unpaired) electrons. The molecule has 0 saturated heterocycles. The van der Waals surface area contributed by atoms with Crippen LogP contribution in [-0.4, -0.2) is 0 Å². The van der Waals surface area contributed by atoms with Crippen LogP contribution >= 0.6 is 0 Å². The Morgan fingerprint density at radius 2 is 0.733 bits per heavy atom. The highest BCUT2D eigenvalue weighted by Crippen LogP contribution is 2.31. The molecule has 2 bridgehead atoms. The molecule has 0 N–H and O–H groups in total. The molecule has 15 heavy (non-hydrogen) atoms. The van der Waals surface area contributed by atoms with Crippen molar-refractivity contribution in [2.45, 2.75) is 6.42 Å². The highest BCUT2D eigenvalue weighted by Gasteiger charge is 2.19. The Morgan fingerprint density at radius 3 is 0.867 bits per heavy atom. The molecule has 3 rings (SSSR count). The second-order valence-electron chi connectivity index (χ2n) is 3.87. The Kier molecular flexibility index (Phi) is 3.56. The molecule has 0 nitrogen and oxygen atoms in total. The summed E-state index contributed by atoms with van der Waals surface area (Å²) in [6, 6.07) is 0.